The number of methoxy groups -OCH3 is 1. The number of fused-ring (bicyclic) bond motifs is 1. The number of rotatable bonds is 5. The standard InChI is InChI=1S/C21H27N5O/c1-14(2)10-20-25-18-13-24-17(21-22-8-5-9-23-21)12-19(18)26(20)15-6-4-7-16(11-15)27-3/h5,8-9,12-16H,4,6-7,10-11H2,1-3H3/t15-,16-/m1/s1. The number of pyridine rings is 1. The zero-order chi connectivity index (χ0) is 18.8. The van der Waals surface area contributed by atoms with Crippen molar-refractivity contribution < 1.29 is 4.74 Å². The van der Waals surface area contributed by atoms with Gasteiger partial charge < -0.3 is 9.30 Å². The number of aromatic nitrogens is 5. The Morgan fingerprint density at radius 2 is 2.00 bits per heavy atom. The minimum absolute atomic E-state index is 0.326. The summed E-state index contributed by atoms with van der Waals surface area (Å²) in [7, 11) is 1.82. The van der Waals surface area contributed by atoms with Crippen molar-refractivity contribution in [1.82, 2.24) is 24.5 Å². The molecule has 3 heterocycles. The Bertz CT molecular complexity index is 906. The lowest BCUT2D eigenvalue weighted by molar-refractivity contribution is 0.0532. The second-order valence-electron chi connectivity index (χ2n) is 7.80. The Morgan fingerprint density at radius 1 is 1.19 bits per heavy atom. The first kappa shape index (κ1) is 18.0. The maximum atomic E-state index is 5.68. The van der Waals surface area contributed by atoms with E-state index in [4.69, 9.17) is 9.72 Å². The lowest BCUT2D eigenvalue weighted by atomic mass is 9.92. The maximum Gasteiger partial charge on any atom is 0.178 e. The molecule has 2 atom stereocenters. The van der Waals surface area contributed by atoms with E-state index in [1.165, 1.54) is 6.42 Å². The SMILES string of the molecule is CO[C@@H]1CCC[C@@H](n2c(CC(C)C)nc3cnc(-c4ncccn4)cc32)C1. The smallest absolute Gasteiger partial charge is 0.178 e. The highest BCUT2D eigenvalue weighted by Gasteiger charge is 2.27. The van der Waals surface area contributed by atoms with Gasteiger partial charge in [-0.25, -0.2) is 15.0 Å². The van der Waals surface area contributed by atoms with Crippen LogP contribution in [0.15, 0.2) is 30.7 Å². The monoisotopic (exact) mass is 365 g/mol. The predicted octanol–water partition coefficient (Wildman–Crippen LogP) is 4.22. The van der Waals surface area contributed by atoms with Gasteiger partial charge in [0, 0.05) is 32.0 Å². The molecule has 1 saturated carbocycles. The van der Waals surface area contributed by atoms with Crippen molar-refractivity contribution >= 4 is 11.0 Å². The van der Waals surface area contributed by atoms with Gasteiger partial charge in [-0.1, -0.05) is 13.8 Å². The number of hydrogen-bond acceptors (Lipinski definition) is 5. The molecule has 0 aromatic carbocycles. The van der Waals surface area contributed by atoms with Crippen LogP contribution in [0.2, 0.25) is 0 Å². The molecule has 0 radical (unpaired) electrons. The molecule has 0 amide bonds. The summed E-state index contributed by atoms with van der Waals surface area (Å²) in [6, 6.07) is 4.33. The fourth-order valence-corrected chi connectivity index (χ4v) is 4.09. The van der Waals surface area contributed by atoms with Gasteiger partial charge in [0.2, 0.25) is 0 Å². The van der Waals surface area contributed by atoms with Crippen LogP contribution >= 0.6 is 0 Å². The Hall–Kier alpha value is -2.34. The summed E-state index contributed by atoms with van der Waals surface area (Å²) in [6.07, 6.45) is 11.2. The minimum atomic E-state index is 0.326. The minimum Gasteiger partial charge on any atom is -0.381 e. The molecule has 0 aliphatic heterocycles. The zero-order valence-corrected chi connectivity index (χ0v) is 16.3. The first-order valence-corrected chi connectivity index (χ1v) is 9.82. The van der Waals surface area contributed by atoms with Crippen LogP contribution in [0.4, 0.5) is 0 Å². The molecule has 4 rings (SSSR count). The molecular weight excluding hydrogens is 338 g/mol. The normalized spacial score (nSPS) is 20.4. The van der Waals surface area contributed by atoms with Gasteiger partial charge in [-0.3, -0.25) is 4.98 Å². The second kappa shape index (κ2) is 7.72. The number of hydrogen-bond donors (Lipinski definition) is 0. The molecule has 0 unspecified atom stereocenters. The van der Waals surface area contributed by atoms with Crippen LogP contribution < -0.4 is 0 Å². The van der Waals surface area contributed by atoms with Gasteiger partial charge in [-0.15, -0.1) is 0 Å². The first-order valence-electron chi connectivity index (χ1n) is 9.82. The molecule has 1 aliphatic rings. The average Bonchev–Trinajstić information content (AvgIpc) is 3.05. The van der Waals surface area contributed by atoms with Gasteiger partial charge in [-0.2, -0.15) is 0 Å². The highest BCUT2D eigenvalue weighted by molar-refractivity contribution is 5.79. The molecule has 0 bridgehead atoms. The molecule has 6 nitrogen and oxygen atoms in total. The fourth-order valence-electron chi connectivity index (χ4n) is 4.09. The number of nitrogens with zero attached hydrogens (tertiary/aromatic N) is 5. The second-order valence-corrected chi connectivity index (χ2v) is 7.80. The summed E-state index contributed by atoms with van der Waals surface area (Å²) >= 11 is 0. The first-order chi connectivity index (χ1) is 13.2. The molecule has 3 aromatic heterocycles. The van der Waals surface area contributed by atoms with Crippen LogP contribution in [0.5, 0.6) is 0 Å². The third kappa shape index (κ3) is 3.72. The molecule has 1 fully saturated rings. The van der Waals surface area contributed by atoms with Crippen molar-refractivity contribution in [2.75, 3.05) is 7.11 Å². The van der Waals surface area contributed by atoms with Gasteiger partial charge in [0.25, 0.3) is 0 Å². The van der Waals surface area contributed by atoms with Crippen molar-refractivity contribution in [3.8, 4) is 11.5 Å². The van der Waals surface area contributed by atoms with Gasteiger partial charge >= 0.3 is 0 Å². The predicted molar refractivity (Wildman–Crippen MR) is 105 cm³/mol. The van der Waals surface area contributed by atoms with Crippen LogP contribution in [-0.4, -0.2) is 37.7 Å². The van der Waals surface area contributed by atoms with Gasteiger partial charge in [0.05, 0.1) is 17.8 Å². The Morgan fingerprint density at radius 3 is 2.74 bits per heavy atom. The number of imidazole rings is 1. The van der Waals surface area contributed by atoms with E-state index in [0.717, 1.165) is 48.2 Å². The molecule has 1 aliphatic carbocycles. The van der Waals surface area contributed by atoms with E-state index >= 15 is 0 Å². The summed E-state index contributed by atoms with van der Waals surface area (Å²) in [4.78, 5) is 18.2. The van der Waals surface area contributed by atoms with Gasteiger partial charge in [0.1, 0.15) is 17.0 Å². The molecule has 3 aromatic rings. The third-order valence-corrected chi connectivity index (χ3v) is 5.33. The van der Waals surface area contributed by atoms with E-state index in [0.29, 0.717) is 23.9 Å². The van der Waals surface area contributed by atoms with E-state index in [1.807, 2.05) is 19.4 Å². The molecule has 0 N–H and O–H groups in total. The molecule has 0 spiro atoms. The highest BCUT2D eigenvalue weighted by Crippen LogP contribution is 2.35. The maximum absolute atomic E-state index is 5.68. The largest absolute Gasteiger partial charge is 0.381 e. The summed E-state index contributed by atoms with van der Waals surface area (Å²) in [6.45, 7) is 4.48. The van der Waals surface area contributed by atoms with Crippen molar-refractivity contribution in [1.29, 1.82) is 0 Å². The molecule has 0 saturated heterocycles. The molecule has 6 heteroatoms. The zero-order valence-electron chi connectivity index (χ0n) is 16.3. The van der Waals surface area contributed by atoms with Crippen LogP contribution in [-0.2, 0) is 11.2 Å². The quantitative estimate of drug-likeness (QED) is 0.677. The van der Waals surface area contributed by atoms with Crippen molar-refractivity contribution in [2.24, 2.45) is 5.92 Å². The highest BCUT2D eigenvalue weighted by atomic mass is 16.5. The van der Waals surface area contributed by atoms with Crippen molar-refractivity contribution in [2.45, 2.75) is 58.1 Å². The molecule has 142 valence electrons. The van der Waals surface area contributed by atoms with Crippen LogP contribution in [0.25, 0.3) is 22.6 Å². The summed E-state index contributed by atoms with van der Waals surface area (Å²) in [5.74, 6) is 2.35. The summed E-state index contributed by atoms with van der Waals surface area (Å²) < 4.78 is 8.12. The molecular formula is C21H27N5O. The van der Waals surface area contributed by atoms with Gasteiger partial charge in [0.15, 0.2) is 5.82 Å². The Kier molecular flexibility index (Phi) is 5.16. The van der Waals surface area contributed by atoms with Crippen LogP contribution in [0, 0.1) is 5.92 Å². The van der Waals surface area contributed by atoms with Crippen LogP contribution in [0.3, 0.4) is 0 Å². The van der Waals surface area contributed by atoms with E-state index in [2.05, 4.69) is 39.4 Å². The van der Waals surface area contributed by atoms with Crippen molar-refractivity contribution in [3.05, 3.63) is 36.5 Å². The lowest BCUT2D eigenvalue weighted by Crippen LogP contribution is -2.25. The molecule has 27 heavy (non-hydrogen) atoms. The Balaban J connectivity index is 1.82. The third-order valence-electron chi connectivity index (χ3n) is 5.33. The van der Waals surface area contributed by atoms with Crippen molar-refractivity contribution in [3.63, 3.8) is 0 Å². The van der Waals surface area contributed by atoms with E-state index < -0.39 is 0 Å². The van der Waals surface area contributed by atoms with E-state index in [-0.39, 0.29) is 0 Å². The average molecular weight is 365 g/mol. The fraction of sp³-hybridized carbons (Fsp3) is 0.524. The summed E-state index contributed by atoms with van der Waals surface area (Å²) in [5.41, 5.74) is 2.87. The topological polar surface area (TPSA) is 65.7 Å². The number of ether oxygens (including phenoxy) is 1. The Labute approximate surface area is 160 Å². The van der Waals surface area contributed by atoms with Crippen LogP contribution in [0.1, 0.15) is 51.4 Å². The van der Waals surface area contributed by atoms with E-state index in [1.54, 1.807) is 12.4 Å². The summed E-state index contributed by atoms with van der Waals surface area (Å²) in [5, 5.41) is 0. The lowest BCUT2D eigenvalue weighted by Gasteiger charge is -2.31. The van der Waals surface area contributed by atoms with Gasteiger partial charge in [-0.05, 0) is 43.7 Å². The van der Waals surface area contributed by atoms with E-state index in [9.17, 15) is 0 Å².